The summed E-state index contributed by atoms with van der Waals surface area (Å²) in [6.45, 7) is 0. The Morgan fingerprint density at radius 1 is 0.963 bits per heavy atom. The largest absolute Gasteiger partial charge is 0.422 e. The zero-order valence-corrected chi connectivity index (χ0v) is 13.9. The Balaban J connectivity index is 1.64. The first-order valence-corrected chi connectivity index (χ1v) is 8.10. The van der Waals surface area contributed by atoms with Crippen LogP contribution in [0.25, 0.3) is 22.2 Å². The van der Waals surface area contributed by atoms with Crippen molar-refractivity contribution in [2.24, 2.45) is 0 Å². The van der Waals surface area contributed by atoms with E-state index in [4.69, 9.17) is 4.42 Å². The molecule has 27 heavy (non-hydrogen) atoms. The number of aromatic nitrogens is 2. The normalized spacial score (nSPS) is 10.7. The molecule has 0 fully saturated rings. The van der Waals surface area contributed by atoms with Crippen LogP contribution in [0, 0.1) is 0 Å². The fourth-order valence-corrected chi connectivity index (χ4v) is 2.68. The number of carbonyl (C=O) groups is 1. The number of H-pyrrole nitrogens is 1. The Hall–Kier alpha value is -4.00. The van der Waals surface area contributed by atoms with Crippen LogP contribution in [-0.2, 0) is 0 Å². The lowest BCUT2D eigenvalue weighted by molar-refractivity contribution is 0.102. The molecule has 0 saturated heterocycles. The first-order chi connectivity index (χ1) is 13.1. The van der Waals surface area contributed by atoms with E-state index < -0.39 is 11.5 Å². The van der Waals surface area contributed by atoms with Crippen LogP contribution in [0.1, 0.15) is 10.4 Å². The average molecular weight is 359 g/mol. The first-order valence-electron chi connectivity index (χ1n) is 8.10. The van der Waals surface area contributed by atoms with Gasteiger partial charge < -0.3 is 9.73 Å². The third-order valence-electron chi connectivity index (χ3n) is 3.98. The van der Waals surface area contributed by atoms with Gasteiger partial charge in [-0.1, -0.05) is 30.3 Å². The molecule has 0 aliphatic heterocycles. The molecule has 2 aromatic heterocycles. The Kier molecular flexibility index (Phi) is 4.10. The van der Waals surface area contributed by atoms with Crippen LogP contribution in [0.3, 0.4) is 0 Å². The van der Waals surface area contributed by atoms with Gasteiger partial charge in [-0.25, -0.2) is 9.89 Å². The third kappa shape index (κ3) is 3.38. The van der Waals surface area contributed by atoms with Gasteiger partial charge in [0.25, 0.3) is 11.5 Å². The molecule has 132 valence electrons. The van der Waals surface area contributed by atoms with Gasteiger partial charge in [0.2, 0.25) is 0 Å². The quantitative estimate of drug-likeness (QED) is 0.547. The minimum absolute atomic E-state index is 0.0822. The number of aromatic amines is 1. The van der Waals surface area contributed by atoms with E-state index in [1.807, 2.05) is 0 Å². The van der Waals surface area contributed by atoms with Crippen molar-refractivity contribution in [3.8, 4) is 11.3 Å². The molecule has 2 heterocycles. The number of hydrogen-bond donors (Lipinski definition) is 2. The maximum atomic E-state index is 12.5. The van der Waals surface area contributed by atoms with Gasteiger partial charge in [0.1, 0.15) is 11.1 Å². The van der Waals surface area contributed by atoms with Gasteiger partial charge in [-0.3, -0.25) is 9.59 Å². The van der Waals surface area contributed by atoms with Gasteiger partial charge in [0.05, 0.1) is 5.69 Å². The highest BCUT2D eigenvalue weighted by molar-refractivity contribution is 6.05. The van der Waals surface area contributed by atoms with Crippen molar-refractivity contribution in [3.63, 3.8) is 0 Å². The summed E-state index contributed by atoms with van der Waals surface area (Å²) < 4.78 is 5.20. The van der Waals surface area contributed by atoms with Gasteiger partial charge in [0, 0.05) is 22.7 Å². The van der Waals surface area contributed by atoms with E-state index in [1.54, 1.807) is 54.6 Å². The predicted molar refractivity (Wildman–Crippen MR) is 101 cm³/mol. The fourth-order valence-electron chi connectivity index (χ4n) is 2.68. The van der Waals surface area contributed by atoms with E-state index in [0.29, 0.717) is 27.9 Å². The van der Waals surface area contributed by atoms with E-state index >= 15 is 0 Å². The van der Waals surface area contributed by atoms with Crippen LogP contribution in [0.4, 0.5) is 5.69 Å². The Labute approximate surface area is 152 Å². The standard InChI is InChI=1S/C20H13N3O4/c24-18-9-8-16(22-23-18)12-5-3-6-14(10-12)21-19(25)15-11-13-4-1-2-7-17(13)27-20(15)26/h1-11H,(H,21,25)(H,23,24). The number of nitrogens with one attached hydrogen (secondary N) is 2. The second-order valence-electron chi connectivity index (χ2n) is 5.83. The predicted octanol–water partition coefficient (Wildman–Crippen LogP) is 2.80. The summed E-state index contributed by atoms with van der Waals surface area (Å²) in [7, 11) is 0. The smallest absolute Gasteiger partial charge is 0.349 e. The summed E-state index contributed by atoms with van der Waals surface area (Å²) in [6, 6.07) is 18.3. The zero-order chi connectivity index (χ0) is 18.8. The summed E-state index contributed by atoms with van der Waals surface area (Å²) in [5, 5.41) is 9.67. The van der Waals surface area contributed by atoms with Crippen molar-refractivity contribution in [1.29, 1.82) is 0 Å². The van der Waals surface area contributed by atoms with Gasteiger partial charge in [-0.2, -0.15) is 5.10 Å². The van der Waals surface area contributed by atoms with Gasteiger partial charge in [-0.05, 0) is 30.3 Å². The highest BCUT2D eigenvalue weighted by atomic mass is 16.4. The van der Waals surface area contributed by atoms with Gasteiger partial charge >= 0.3 is 5.63 Å². The van der Waals surface area contributed by atoms with Crippen LogP contribution in [0.5, 0.6) is 0 Å². The van der Waals surface area contributed by atoms with E-state index in [0.717, 1.165) is 0 Å². The molecular weight excluding hydrogens is 346 g/mol. The summed E-state index contributed by atoms with van der Waals surface area (Å²) in [5.41, 5.74) is 1.07. The topological polar surface area (TPSA) is 105 Å². The molecule has 2 N–H and O–H groups in total. The number of rotatable bonds is 3. The van der Waals surface area contributed by atoms with E-state index in [-0.39, 0.29) is 11.1 Å². The Bertz CT molecular complexity index is 1250. The number of benzene rings is 2. The van der Waals surface area contributed by atoms with E-state index in [9.17, 15) is 14.4 Å². The van der Waals surface area contributed by atoms with Crippen molar-refractivity contribution in [2.75, 3.05) is 5.32 Å². The minimum atomic E-state index is -0.704. The van der Waals surface area contributed by atoms with Gasteiger partial charge in [0.15, 0.2) is 0 Å². The Morgan fingerprint density at radius 2 is 1.81 bits per heavy atom. The van der Waals surface area contributed by atoms with Crippen molar-refractivity contribution in [2.45, 2.75) is 0 Å². The summed E-state index contributed by atoms with van der Waals surface area (Å²) in [4.78, 5) is 35.8. The molecule has 7 nitrogen and oxygen atoms in total. The molecule has 0 bridgehead atoms. The molecule has 1 amide bonds. The number of fused-ring (bicyclic) bond motifs is 1. The summed E-state index contributed by atoms with van der Waals surface area (Å²) >= 11 is 0. The summed E-state index contributed by atoms with van der Waals surface area (Å²) in [6.07, 6.45) is 0. The number of carbonyl (C=O) groups excluding carboxylic acids is 1. The maximum Gasteiger partial charge on any atom is 0.349 e. The number of anilines is 1. The lowest BCUT2D eigenvalue weighted by Gasteiger charge is -2.07. The van der Waals surface area contributed by atoms with Crippen molar-refractivity contribution in [3.05, 3.63) is 93.1 Å². The molecule has 0 saturated carbocycles. The SMILES string of the molecule is O=C(Nc1cccc(-c2ccc(=O)[nH]n2)c1)c1cc2ccccc2oc1=O. The van der Waals surface area contributed by atoms with Gasteiger partial charge in [-0.15, -0.1) is 0 Å². The minimum Gasteiger partial charge on any atom is -0.422 e. The number of amides is 1. The van der Waals surface area contributed by atoms with Crippen LogP contribution in [-0.4, -0.2) is 16.1 Å². The van der Waals surface area contributed by atoms with Crippen LogP contribution >= 0.6 is 0 Å². The lowest BCUT2D eigenvalue weighted by Crippen LogP contribution is -2.20. The zero-order valence-electron chi connectivity index (χ0n) is 13.9. The van der Waals surface area contributed by atoms with E-state index in [1.165, 1.54) is 12.1 Å². The molecule has 7 heteroatoms. The van der Waals surface area contributed by atoms with Crippen molar-refractivity contribution >= 4 is 22.6 Å². The molecule has 0 aliphatic rings. The molecule has 0 atom stereocenters. The Morgan fingerprint density at radius 3 is 2.63 bits per heavy atom. The number of para-hydroxylation sites is 1. The monoisotopic (exact) mass is 359 g/mol. The average Bonchev–Trinajstić information content (AvgIpc) is 2.68. The number of hydrogen-bond acceptors (Lipinski definition) is 5. The fraction of sp³-hybridized carbons (Fsp3) is 0. The molecule has 0 spiro atoms. The molecule has 0 unspecified atom stereocenters. The maximum absolute atomic E-state index is 12.5. The van der Waals surface area contributed by atoms with Crippen LogP contribution in [0.2, 0.25) is 0 Å². The molecule has 0 radical (unpaired) electrons. The molecule has 2 aromatic carbocycles. The first kappa shape index (κ1) is 16.5. The van der Waals surface area contributed by atoms with Crippen LogP contribution in [0.15, 0.2) is 80.7 Å². The highest BCUT2D eigenvalue weighted by Crippen LogP contribution is 2.20. The molecule has 4 aromatic rings. The van der Waals surface area contributed by atoms with Crippen LogP contribution < -0.4 is 16.5 Å². The number of nitrogens with zero attached hydrogens (tertiary/aromatic N) is 1. The second kappa shape index (κ2) is 6.72. The molecule has 0 aliphatic carbocycles. The lowest BCUT2D eigenvalue weighted by atomic mass is 10.1. The van der Waals surface area contributed by atoms with Crippen molar-refractivity contribution < 1.29 is 9.21 Å². The van der Waals surface area contributed by atoms with E-state index in [2.05, 4.69) is 15.5 Å². The highest BCUT2D eigenvalue weighted by Gasteiger charge is 2.14. The molecule has 4 rings (SSSR count). The van der Waals surface area contributed by atoms with Crippen molar-refractivity contribution in [1.82, 2.24) is 10.2 Å². The third-order valence-corrected chi connectivity index (χ3v) is 3.98. The second-order valence-corrected chi connectivity index (χ2v) is 5.83. The summed E-state index contributed by atoms with van der Waals surface area (Å²) in [5.74, 6) is -0.568. The molecular formula is C20H13N3O4.